The van der Waals surface area contributed by atoms with Crippen LogP contribution in [0.1, 0.15) is 39.3 Å². The van der Waals surface area contributed by atoms with Gasteiger partial charge < -0.3 is 4.74 Å². The van der Waals surface area contributed by atoms with Gasteiger partial charge in [0.1, 0.15) is 5.75 Å². The van der Waals surface area contributed by atoms with Crippen molar-refractivity contribution in [2.75, 3.05) is 12.4 Å². The maximum absolute atomic E-state index is 5.65. The van der Waals surface area contributed by atoms with Crippen molar-refractivity contribution in [2.45, 2.75) is 38.5 Å². The molecule has 0 aromatic heterocycles. The molecule has 102 valence electrons. The largest absolute Gasteiger partial charge is 0.494 e. The van der Waals surface area contributed by atoms with Gasteiger partial charge in [-0.1, -0.05) is 32.9 Å². The predicted molar refractivity (Wildman–Crippen MR) is 79.9 cm³/mol. The molecule has 18 heavy (non-hydrogen) atoms. The summed E-state index contributed by atoms with van der Waals surface area (Å²) < 4.78 is 5.75. The van der Waals surface area contributed by atoms with E-state index in [4.69, 9.17) is 10.6 Å². The first-order valence-corrected chi connectivity index (χ1v) is 7.27. The van der Waals surface area contributed by atoms with Crippen molar-refractivity contribution >= 4 is 11.8 Å². The van der Waals surface area contributed by atoms with Gasteiger partial charge >= 0.3 is 0 Å². The molecule has 0 aliphatic carbocycles. The van der Waals surface area contributed by atoms with Crippen LogP contribution >= 0.6 is 11.8 Å². The molecule has 1 atom stereocenters. The lowest BCUT2D eigenvalue weighted by molar-refractivity contribution is 0.339. The highest BCUT2D eigenvalue weighted by Gasteiger charge is 2.16. The number of hydrogen-bond donors (Lipinski definition) is 2. The topological polar surface area (TPSA) is 47.3 Å². The summed E-state index contributed by atoms with van der Waals surface area (Å²) in [4.78, 5) is 0. The lowest BCUT2D eigenvalue weighted by Crippen LogP contribution is -2.30. The van der Waals surface area contributed by atoms with Gasteiger partial charge in [0.15, 0.2) is 0 Å². The maximum atomic E-state index is 5.65. The van der Waals surface area contributed by atoms with E-state index in [1.807, 2.05) is 30.8 Å². The van der Waals surface area contributed by atoms with Gasteiger partial charge in [-0.2, -0.15) is 11.8 Å². The fourth-order valence-electron chi connectivity index (χ4n) is 1.56. The molecule has 0 aliphatic heterocycles. The van der Waals surface area contributed by atoms with Crippen LogP contribution in [-0.2, 0) is 0 Å². The second-order valence-corrected chi connectivity index (χ2v) is 6.99. The van der Waals surface area contributed by atoms with Crippen molar-refractivity contribution < 1.29 is 4.74 Å². The van der Waals surface area contributed by atoms with E-state index in [0.717, 1.165) is 11.5 Å². The van der Waals surface area contributed by atoms with E-state index in [0.29, 0.717) is 6.61 Å². The molecule has 0 fully saturated rings. The molecule has 0 spiro atoms. The molecular weight excluding hydrogens is 244 g/mol. The normalized spacial score (nSPS) is 13.4. The van der Waals surface area contributed by atoms with Gasteiger partial charge in [0.2, 0.25) is 0 Å². The van der Waals surface area contributed by atoms with Gasteiger partial charge in [-0.15, -0.1) is 0 Å². The summed E-state index contributed by atoms with van der Waals surface area (Å²) in [6.45, 7) is 9.30. The molecule has 0 aliphatic rings. The van der Waals surface area contributed by atoms with Crippen LogP contribution in [0.2, 0.25) is 0 Å². The van der Waals surface area contributed by atoms with Crippen molar-refractivity contribution in [1.82, 2.24) is 5.43 Å². The number of nitrogens with one attached hydrogen (secondary N) is 1. The molecule has 4 heteroatoms. The molecule has 0 heterocycles. The van der Waals surface area contributed by atoms with Crippen molar-refractivity contribution in [3.05, 3.63) is 29.8 Å². The second-order valence-electron chi connectivity index (χ2n) is 5.15. The molecule has 0 bridgehead atoms. The van der Waals surface area contributed by atoms with Gasteiger partial charge in [-0.25, -0.2) is 0 Å². The summed E-state index contributed by atoms with van der Waals surface area (Å²) in [5.74, 6) is 7.49. The highest BCUT2D eigenvalue weighted by atomic mass is 32.2. The Hall–Kier alpha value is -0.710. The van der Waals surface area contributed by atoms with Crippen molar-refractivity contribution in [3.8, 4) is 5.75 Å². The SMILES string of the molecule is CCOc1cccc(C(CSC(C)(C)C)NN)c1. The number of benzene rings is 1. The second kappa shape index (κ2) is 7.02. The zero-order valence-electron chi connectivity index (χ0n) is 11.7. The third-order valence-electron chi connectivity index (χ3n) is 2.46. The molecule has 1 unspecified atom stereocenters. The third-order valence-corrected chi connectivity index (χ3v) is 3.82. The molecule has 0 saturated carbocycles. The smallest absolute Gasteiger partial charge is 0.119 e. The van der Waals surface area contributed by atoms with Crippen molar-refractivity contribution in [2.24, 2.45) is 5.84 Å². The molecule has 0 radical (unpaired) electrons. The van der Waals surface area contributed by atoms with Gasteiger partial charge in [0, 0.05) is 10.5 Å². The summed E-state index contributed by atoms with van der Waals surface area (Å²) in [6, 6.07) is 8.26. The first-order chi connectivity index (χ1) is 8.46. The third kappa shape index (κ3) is 5.29. The predicted octanol–water partition coefficient (Wildman–Crippen LogP) is 3.12. The van der Waals surface area contributed by atoms with Crippen LogP contribution < -0.4 is 16.0 Å². The number of rotatable bonds is 6. The van der Waals surface area contributed by atoms with E-state index in [1.165, 1.54) is 5.56 Å². The fourth-order valence-corrected chi connectivity index (χ4v) is 2.52. The molecular formula is C14H24N2OS. The van der Waals surface area contributed by atoms with E-state index in [1.54, 1.807) is 0 Å². The Bertz CT molecular complexity index is 363. The number of hydrazine groups is 1. The maximum Gasteiger partial charge on any atom is 0.119 e. The van der Waals surface area contributed by atoms with E-state index < -0.39 is 0 Å². The van der Waals surface area contributed by atoms with Gasteiger partial charge in [-0.05, 0) is 24.6 Å². The Morgan fingerprint density at radius 3 is 2.67 bits per heavy atom. The van der Waals surface area contributed by atoms with E-state index >= 15 is 0 Å². The Kier molecular flexibility index (Phi) is 5.99. The van der Waals surface area contributed by atoms with Crippen LogP contribution in [0.3, 0.4) is 0 Å². The van der Waals surface area contributed by atoms with Crippen LogP contribution in [-0.4, -0.2) is 17.1 Å². The highest BCUT2D eigenvalue weighted by molar-refractivity contribution is 8.00. The first-order valence-electron chi connectivity index (χ1n) is 6.29. The van der Waals surface area contributed by atoms with Crippen molar-refractivity contribution in [3.63, 3.8) is 0 Å². The minimum atomic E-state index is 0.148. The first kappa shape index (κ1) is 15.3. The van der Waals surface area contributed by atoms with Crippen LogP contribution in [0.4, 0.5) is 0 Å². The molecule has 0 saturated heterocycles. The van der Waals surface area contributed by atoms with E-state index in [2.05, 4.69) is 38.3 Å². The van der Waals surface area contributed by atoms with Gasteiger partial charge in [0.05, 0.1) is 12.6 Å². The quantitative estimate of drug-likeness (QED) is 0.615. The fraction of sp³-hybridized carbons (Fsp3) is 0.571. The lowest BCUT2D eigenvalue weighted by atomic mass is 10.1. The van der Waals surface area contributed by atoms with Gasteiger partial charge in [0.25, 0.3) is 0 Å². The molecule has 1 rings (SSSR count). The average Bonchev–Trinajstić information content (AvgIpc) is 2.29. The average molecular weight is 268 g/mol. The summed E-state index contributed by atoms with van der Waals surface area (Å²) in [5, 5.41) is 0. The zero-order valence-corrected chi connectivity index (χ0v) is 12.5. The minimum absolute atomic E-state index is 0.148. The Morgan fingerprint density at radius 1 is 1.39 bits per heavy atom. The van der Waals surface area contributed by atoms with Crippen LogP contribution in [0.25, 0.3) is 0 Å². The Balaban J connectivity index is 2.72. The Labute approximate surface area is 114 Å². The molecule has 0 amide bonds. The van der Waals surface area contributed by atoms with E-state index in [9.17, 15) is 0 Å². The summed E-state index contributed by atoms with van der Waals surface area (Å²) in [7, 11) is 0. The molecule has 3 nitrogen and oxygen atoms in total. The molecule has 3 N–H and O–H groups in total. The standard InChI is InChI=1S/C14H24N2OS/c1-5-17-12-8-6-7-11(9-12)13(16-15)10-18-14(2,3)4/h6-9,13,16H,5,10,15H2,1-4H3. The summed E-state index contributed by atoms with van der Waals surface area (Å²) in [6.07, 6.45) is 0. The summed E-state index contributed by atoms with van der Waals surface area (Å²) in [5.41, 5.74) is 4.05. The van der Waals surface area contributed by atoms with Gasteiger partial charge in [-0.3, -0.25) is 11.3 Å². The summed E-state index contributed by atoms with van der Waals surface area (Å²) >= 11 is 1.90. The Morgan fingerprint density at radius 2 is 2.11 bits per heavy atom. The van der Waals surface area contributed by atoms with Crippen molar-refractivity contribution in [1.29, 1.82) is 0 Å². The number of nitrogens with two attached hydrogens (primary N) is 1. The zero-order chi connectivity index (χ0) is 13.6. The van der Waals surface area contributed by atoms with Crippen LogP contribution in [0.15, 0.2) is 24.3 Å². The minimum Gasteiger partial charge on any atom is -0.494 e. The monoisotopic (exact) mass is 268 g/mol. The number of ether oxygens (including phenoxy) is 1. The molecule has 1 aromatic rings. The number of hydrogen-bond acceptors (Lipinski definition) is 4. The van der Waals surface area contributed by atoms with Crippen LogP contribution in [0, 0.1) is 0 Å². The van der Waals surface area contributed by atoms with Crippen LogP contribution in [0.5, 0.6) is 5.75 Å². The molecule has 1 aromatic carbocycles. The highest BCUT2D eigenvalue weighted by Crippen LogP contribution is 2.29. The van der Waals surface area contributed by atoms with E-state index in [-0.39, 0.29) is 10.8 Å². The lowest BCUT2D eigenvalue weighted by Gasteiger charge is -2.23. The number of thioether (sulfide) groups is 1.